The molecule has 0 atom stereocenters. The van der Waals surface area contributed by atoms with Crippen LogP contribution in [0.25, 0.3) is 0 Å². The minimum absolute atomic E-state index is 0.847. The molecule has 0 spiro atoms. The number of nitrogens with zero attached hydrogens (tertiary/aromatic N) is 1. The van der Waals surface area contributed by atoms with Gasteiger partial charge in [0.05, 0.1) is 0 Å². The Morgan fingerprint density at radius 1 is 1.44 bits per heavy atom. The van der Waals surface area contributed by atoms with Crippen molar-refractivity contribution in [3.63, 3.8) is 0 Å². The second-order valence-electron chi connectivity index (χ2n) is 3.23. The number of hydrogen-bond donors (Lipinski definition) is 0. The van der Waals surface area contributed by atoms with Crippen LogP contribution in [0, 0.1) is 5.92 Å². The number of hydrogen-bond acceptors (Lipinski definition) is 1. The molecule has 1 heterocycles. The quantitative estimate of drug-likeness (QED) is 0.480. The summed E-state index contributed by atoms with van der Waals surface area (Å²) in [6.07, 6.45) is 2.36. The van der Waals surface area contributed by atoms with E-state index in [1.54, 1.807) is 0 Å². The summed E-state index contributed by atoms with van der Waals surface area (Å²) in [5.41, 5.74) is 1.45. The predicted octanol–water partition coefficient (Wildman–Crippen LogP) is 1.51. The molecule has 1 heteroatoms. The lowest BCUT2D eigenvalue weighted by Crippen LogP contribution is -2.42. The highest BCUT2D eigenvalue weighted by Crippen LogP contribution is 2.15. The van der Waals surface area contributed by atoms with Crippen LogP contribution >= 0.6 is 0 Å². The maximum atomic E-state index is 2.36. The highest BCUT2D eigenvalue weighted by Gasteiger charge is 2.19. The predicted molar refractivity (Wildman–Crippen MR) is 40.4 cm³/mol. The van der Waals surface area contributed by atoms with Gasteiger partial charge in [-0.25, -0.2) is 0 Å². The summed E-state index contributed by atoms with van der Waals surface area (Å²) in [6.45, 7) is 6.84. The van der Waals surface area contributed by atoms with Gasteiger partial charge < -0.3 is 4.90 Å². The highest BCUT2D eigenvalue weighted by molar-refractivity contribution is 5.02. The van der Waals surface area contributed by atoms with Crippen LogP contribution in [-0.2, 0) is 0 Å². The molecular weight excluding hydrogens is 110 g/mol. The van der Waals surface area contributed by atoms with Crippen molar-refractivity contribution in [2.45, 2.75) is 13.8 Å². The monoisotopic (exact) mass is 125 g/mol. The van der Waals surface area contributed by atoms with Crippen molar-refractivity contribution in [1.82, 2.24) is 4.90 Å². The zero-order chi connectivity index (χ0) is 6.85. The molecule has 1 saturated heterocycles. The number of likely N-dealkylation sites (tertiary alicyclic amines) is 1. The third kappa shape index (κ3) is 1.83. The van der Waals surface area contributed by atoms with Crippen LogP contribution < -0.4 is 0 Å². The van der Waals surface area contributed by atoms with Gasteiger partial charge in [0, 0.05) is 19.0 Å². The molecule has 9 heavy (non-hydrogen) atoms. The molecule has 0 amide bonds. The lowest BCUT2D eigenvalue weighted by Gasteiger charge is -2.34. The maximum absolute atomic E-state index is 2.36. The van der Waals surface area contributed by atoms with Gasteiger partial charge in [-0.1, -0.05) is 11.6 Å². The maximum Gasteiger partial charge on any atom is 0.00539 e. The van der Waals surface area contributed by atoms with Crippen LogP contribution in [0.4, 0.5) is 0 Å². The van der Waals surface area contributed by atoms with E-state index < -0.39 is 0 Å². The summed E-state index contributed by atoms with van der Waals surface area (Å²) in [7, 11) is 2.16. The minimum atomic E-state index is 0.847. The fraction of sp³-hybridized carbons (Fsp3) is 0.750. The standard InChI is InChI=1S/C8H15N/c1-7(2)4-8-5-9(3)6-8/h4,8H,5-6H2,1-3H3. The van der Waals surface area contributed by atoms with Gasteiger partial charge in [-0.2, -0.15) is 0 Å². The van der Waals surface area contributed by atoms with Crippen molar-refractivity contribution in [2.75, 3.05) is 20.1 Å². The fourth-order valence-corrected chi connectivity index (χ4v) is 1.32. The van der Waals surface area contributed by atoms with Crippen LogP contribution in [0.5, 0.6) is 0 Å². The second-order valence-corrected chi connectivity index (χ2v) is 3.23. The molecule has 1 fully saturated rings. The van der Waals surface area contributed by atoms with Crippen molar-refractivity contribution in [1.29, 1.82) is 0 Å². The van der Waals surface area contributed by atoms with E-state index in [9.17, 15) is 0 Å². The number of allylic oxidation sites excluding steroid dienone is 1. The summed E-state index contributed by atoms with van der Waals surface area (Å²) in [5.74, 6) is 0.847. The first-order valence-corrected chi connectivity index (χ1v) is 3.52. The van der Waals surface area contributed by atoms with E-state index in [0.29, 0.717) is 0 Å². The Kier molecular flexibility index (Phi) is 1.91. The van der Waals surface area contributed by atoms with E-state index in [4.69, 9.17) is 0 Å². The van der Waals surface area contributed by atoms with Gasteiger partial charge in [0.15, 0.2) is 0 Å². The second kappa shape index (κ2) is 2.53. The molecule has 0 aromatic heterocycles. The average molecular weight is 125 g/mol. The first-order valence-electron chi connectivity index (χ1n) is 3.52. The smallest absolute Gasteiger partial charge is 0.00539 e. The molecule has 0 N–H and O–H groups in total. The Balaban J connectivity index is 2.25. The Hall–Kier alpha value is -0.300. The molecule has 1 aliphatic rings. The molecular formula is C8H15N. The zero-order valence-corrected chi connectivity index (χ0v) is 6.52. The Bertz CT molecular complexity index is 117. The molecule has 0 unspecified atom stereocenters. The topological polar surface area (TPSA) is 3.24 Å². The van der Waals surface area contributed by atoms with Gasteiger partial charge in [-0.05, 0) is 20.9 Å². The molecule has 52 valence electrons. The Morgan fingerprint density at radius 2 is 2.00 bits per heavy atom. The molecule has 0 radical (unpaired) electrons. The van der Waals surface area contributed by atoms with E-state index in [2.05, 4.69) is 31.9 Å². The molecule has 0 saturated carbocycles. The van der Waals surface area contributed by atoms with Gasteiger partial charge in [-0.3, -0.25) is 0 Å². The van der Waals surface area contributed by atoms with Crippen LogP contribution in [-0.4, -0.2) is 25.0 Å². The molecule has 1 aliphatic heterocycles. The average Bonchev–Trinajstić information content (AvgIpc) is 1.60. The first kappa shape index (κ1) is 6.81. The fourth-order valence-electron chi connectivity index (χ4n) is 1.32. The molecule has 0 aromatic rings. The van der Waals surface area contributed by atoms with Gasteiger partial charge >= 0.3 is 0 Å². The molecule has 0 aliphatic carbocycles. The Labute approximate surface area is 57.4 Å². The van der Waals surface area contributed by atoms with Crippen LogP contribution in [0.15, 0.2) is 11.6 Å². The zero-order valence-electron chi connectivity index (χ0n) is 6.52. The lowest BCUT2D eigenvalue weighted by molar-refractivity contribution is 0.169. The summed E-state index contributed by atoms with van der Waals surface area (Å²) in [5, 5.41) is 0. The summed E-state index contributed by atoms with van der Waals surface area (Å²) in [6, 6.07) is 0. The van der Waals surface area contributed by atoms with Crippen molar-refractivity contribution in [3.05, 3.63) is 11.6 Å². The van der Waals surface area contributed by atoms with E-state index in [1.807, 2.05) is 0 Å². The van der Waals surface area contributed by atoms with Crippen molar-refractivity contribution in [3.8, 4) is 0 Å². The third-order valence-electron chi connectivity index (χ3n) is 1.66. The van der Waals surface area contributed by atoms with Crippen molar-refractivity contribution in [2.24, 2.45) is 5.92 Å². The van der Waals surface area contributed by atoms with E-state index in [-0.39, 0.29) is 0 Å². The lowest BCUT2D eigenvalue weighted by atomic mass is 9.99. The van der Waals surface area contributed by atoms with E-state index >= 15 is 0 Å². The van der Waals surface area contributed by atoms with E-state index in [0.717, 1.165) is 5.92 Å². The molecule has 0 bridgehead atoms. The molecule has 0 aromatic carbocycles. The summed E-state index contributed by atoms with van der Waals surface area (Å²) in [4.78, 5) is 2.34. The number of rotatable bonds is 1. The van der Waals surface area contributed by atoms with Crippen LogP contribution in [0.3, 0.4) is 0 Å². The van der Waals surface area contributed by atoms with Crippen molar-refractivity contribution >= 4 is 0 Å². The minimum Gasteiger partial charge on any atom is -0.305 e. The Morgan fingerprint density at radius 3 is 2.33 bits per heavy atom. The largest absolute Gasteiger partial charge is 0.305 e. The summed E-state index contributed by atoms with van der Waals surface area (Å²) >= 11 is 0. The normalized spacial score (nSPS) is 21.2. The van der Waals surface area contributed by atoms with Gasteiger partial charge in [-0.15, -0.1) is 0 Å². The van der Waals surface area contributed by atoms with Crippen LogP contribution in [0.2, 0.25) is 0 Å². The van der Waals surface area contributed by atoms with Gasteiger partial charge in [0.25, 0.3) is 0 Å². The molecule has 1 rings (SSSR count). The van der Waals surface area contributed by atoms with Gasteiger partial charge in [0.1, 0.15) is 0 Å². The van der Waals surface area contributed by atoms with Gasteiger partial charge in [0.2, 0.25) is 0 Å². The van der Waals surface area contributed by atoms with Crippen molar-refractivity contribution < 1.29 is 0 Å². The van der Waals surface area contributed by atoms with E-state index in [1.165, 1.54) is 18.7 Å². The first-order chi connectivity index (χ1) is 4.18. The third-order valence-corrected chi connectivity index (χ3v) is 1.66. The molecule has 1 nitrogen and oxygen atoms in total. The van der Waals surface area contributed by atoms with Crippen LogP contribution in [0.1, 0.15) is 13.8 Å². The SMILES string of the molecule is CC(C)=CC1CN(C)C1. The highest BCUT2D eigenvalue weighted by atomic mass is 15.2. The summed E-state index contributed by atoms with van der Waals surface area (Å²) < 4.78 is 0.